The van der Waals surface area contributed by atoms with Crippen molar-refractivity contribution in [3.05, 3.63) is 29.3 Å². The van der Waals surface area contributed by atoms with Gasteiger partial charge in [0.15, 0.2) is 0 Å². The molecule has 1 aromatic rings. The number of nitrogens with zero attached hydrogens (tertiary/aromatic N) is 1. The van der Waals surface area contributed by atoms with Crippen LogP contribution in [0.3, 0.4) is 0 Å². The summed E-state index contributed by atoms with van der Waals surface area (Å²) in [6.07, 6.45) is 1.58. The highest BCUT2D eigenvalue weighted by Gasteiger charge is 2.28. The van der Waals surface area contributed by atoms with E-state index >= 15 is 0 Å². The van der Waals surface area contributed by atoms with Gasteiger partial charge in [0.2, 0.25) is 5.91 Å². The van der Waals surface area contributed by atoms with Gasteiger partial charge in [0.1, 0.15) is 0 Å². The molecular weight excluding hydrogens is 198 g/mol. The first-order valence-electron chi connectivity index (χ1n) is 4.76. The van der Waals surface area contributed by atoms with Gasteiger partial charge >= 0.3 is 0 Å². The second-order valence-corrected chi connectivity index (χ2v) is 4.07. The molecule has 0 aliphatic carbocycles. The number of hydrogen-bond acceptors (Lipinski definition) is 1. The minimum absolute atomic E-state index is 0.194. The van der Waals surface area contributed by atoms with Crippen LogP contribution in [0.4, 0.5) is 5.69 Å². The summed E-state index contributed by atoms with van der Waals surface area (Å²) < 4.78 is 0. The zero-order valence-electron chi connectivity index (χ0n) is 8.03. The predicted molar refractivity (Wildman–Crippen MR) is 57.6 cm³/mol. The maximum Gasteiger partial charge on any atom is 0.227 e. The molecule has 1 aliphatic heterocycles. The van der Waals surface area contributed by atoms with Gasteiger partial charge in [-0.25, -0.2) is 0 Å². The largest absolute Gasteiger partial charge is 0.310 e. The van der Waals surface area contributed by atoms with Crippen LogP contribution in [0.2, 0.25) is 5.02 Å². The molecule has 1 heterocycles. The van der Waals surface area contributed by atoms with Crippen molar-refractivity contribution in [2.45, 2.75) is 25.8 Å². The lowest BCUT2D eigenvalue weighted by molar-refractivity contribution is -0.117. The van der Waals surface area contributed by atoms with Crippen LogP contribution in [-0.2, 0) is 4.79 Å². The Labute approximate surface area is 88.5 Å². The summed E-state index contributed by atoms with van der Waals surface area (Å²) >= 11 is 5.88. The number of rotatable bonds is 1. The molecule has 1 fully saturated rings. The van der Waals surface area contributed by atoms with Gasteiger partial charge in [-0.3, -0.25) is 4.79 Å². The smallest absolute Gasteiger partial charge is 0.227 e. The van der Waals surface area contributed by atoms with E-state index in [1.54, 1.807) is 0 Å². The van der Waals surface area contributed by atoms with Crippen molar-refractivity contribution in [2.75, 3.05) is 4.90 Å². The maximum absolute atomic E-state index is 11.6. The van der Waals surface area contributed by atoms with Crippen LogP contribution in [0.1, 0.15) is 19.8 Å². The Morgan fingerprint density at radius 3 is 2.86 bits per heavy atom. The molecule has 0 N–H and O–H groups in total. The van der Waals surface area contributed by atoms with E-state index in [2.05, 4.69) is 6.92 Å². The molecule has 14 heavy (non-hydrogen) atoms. The minimum Gasteiger partial charge on any atom is -0.310 e. The number of hydrogen-bond donors (Lipinski definition) is 0. The summed E-state index contributed by atoms with van der Waals surface area (Å²) in [5.41, 5.74) is 0.910. The van der Waals surface area contributed by atoms with Gasteiger partial charge < -0.3 is 4.90 Å². The fraction of sp³-hybridized carbons (Fsp3) is 0.364. The second-order valence-electron chi connectivity index (χ2n) is 3.63. The van der Waals surface area contributed by atoms with Crippen LogP contribution in [0.25, 0.3) is 0 Å². The van der Waals surface area contributed by atoms with Gasteiger partial charge in [0, 0.05) is 23.2 Å². The van der Waals surface area contributed by atoms with Crippen LogP contribution >= 0.6 is 11.6 Å². The maximum atomic E-state index is 11.6. The first-order valence-corrected chi connectivity index (χ1v) is 5.14. The highest BCUT2D eigenvalue weighted by molar-refractivity contribution is 6.30. The van der Waals surface area contributed by atoms with Crippen LogP contribution in [0, 0.1) is 0 Å². The monoisotopic (exact) mass is 209 g/mol. The van der Waals surface area contributed by atoms with E-state index in [0.29, 0.717) is 17.5 Å². The van der Waals surface area contributed by atoms with Crippen molar-refractivity contribution in [1.29, 1.82) is 0 Å². The second kappa shape index (κ2) is 3.62. The van der Waals surface area contributed by atoms with Crippen molar-refractivity contribution >= 4 is 23.2 Å². The van der Waals surface area contributed by atoms with E-state index in [0.717, 1.165) is 12.1 Å². The molecule has 1 amide bonds. The fourth-order valence-corrected chi connectivity index (χ4v) is 2.04. The SMILES string of the molecule is C[C@H]1CCC(=O)N1c1cccc(Cl)c1. The van der Waals surface area contributed by atoms with Crippen molar-refractivity contribution in [3.8, 4) is 0 Å². The molecule has 0 bridgehead atoms. The Balaban J connectivity index is 2.34. The summed E-state index contributed by atoms with van der Waals surface area (Å²) in [6.45, 7) is 2.06. The molecule has 1 aliphatic rings. The van der Waals surface area contributed by atoms with Crippen LogP contribution < -0.4 is 4.90 Å². The quantitative estimate of drug-likeness (QED) is 0.697. The number of amides is 1. The first kappa shape index (κ1) is 9.53. The Morgan fingerprint density at radius 2 is 2.29 bits per heavy atom. The topological polar surface area (TPSA) is 20.3 Å². The molecule has 0 aromatic heterocycles. The van der Waals surface area contributed by atoms with Gasteiger partial charge in [0.05, 0.1) is 0 Å². The number of benzene rings is 1. The molecular formula is C11H12ClNO. The van der Waals surface area contributed by atoms with E-state index in [1.807, 2.05) is 29.2 Å². The van der Waals surface area contributed by atoms with E-state index in [4.69, 9.17) is 11.6 Å². The summed E-state index contributed by atoms with van der Waals surface area (Å²) in [5.74, 6) is 0.194. The third-order valence-corrected chi connectivity index (χ3v) is 2.81. The fourth-order valence-electron chi connectivity index (χ4n) is 1.85. The molecule has 1 aromatic carbocycles. The third-order valence-electron chi connectivity index (χ3n) is 2.57. The summed E-state index contributed by atoms with van der Waals surface area (Å²) in [6, 6.07) is 7.74. The average molecular weight is 210 g/mol. The van der Waals surface area contributed by atoms with Gasteiger partial charge in [-0.05, 0) is 31.5 Å². The van der Waals surface area contributed by atoms with E-state index in [1.165, 1.54) is 0 Å². The van der Waals surface area contributed by atoms with Crippen molar-refractivity contribution in [3.63, 3.8) is 0 Å². The van der Waals surface area contributed by atoms with Gasteiger partial charge in [-0.2, -0.15) is 0 Å². The zero-order valence-corrected chi connectivity index (χ0v) is 8.79. The molecule has 3 heteroatoms. The molecule has 2 nitrogen and oxygen atoms in total. The molecule has 0 saturated carbocycles. The summed E-state index contributed by atoms with van der Waals surface area (Å²) in [5, 5.41) is 0.675. The van der Waals surface area contributed by atoms with Gasteiger partial charge in [0.25, 0.3) is 0 Å². The summed E-state index contributed by atoms with van der Waals surface area (Å²) in [7, 11) is 0. The Bertz CT molecular complexity index is 364. The average Bonchev–Trinajstić information content (AvgIpc) is 2.46. The van der Waals surface area contributed by atoms with Crippen LogP contribution in [0.15, 0.2) is 24.3 Å². The van der Waals surface area contributed by atoms with Crippen molar-refractivity contribution < 1.29 is 4.79 Å². The normalized spacial score (nSPS) is 21.7. The molecule has 74 valence electrons. The molecule has 1 atom stereocenters. The standard InChI is InChI=1S/C11H12ClNO/c1-8-5-6-11(14)13(8)10-4-2-3-9(12)7-10/h2-4,7-8H,5-6H2,1H3/t8-/m0/s1. The molecule has 0 spiro atoms. The molecule has 0 unspecified atom stereocenters. The molecule has 1 saturated heterocycles. The minimum atomic E-state index is 0.194. The zero-order chi connectivity index (χ0) is 10.1. The lowest BCUT2D eigenvalue weighted by Crippen LogP contribution is -2.30. The number of anilines is 1. The van der Waals surface area contributed by atoms with E-state index in [9.17, 15) is 4.79 Å². The summed E-state index contributed by atoms with van der Waals surface area (Å²) in [4.78, 5) is 13.4. The Hall–Kier alpha value is -1.02. The van der Waals surface area contributed by atoms with E-state index < -0.39 is 0 Å². The third kappa shape index (κ3) is 1.62. The van der Waals surface area contributed by atoms with E-state index in [-0.39, 0.29) is 5.91 Å². The predicted octanol–water partition coefficient (Wildman–Crippen LogP) is 2.86. The Kier molecular flexibility index (Phi) is 2.46. The van der Waals surface area contributed by atoms with Crippen LogP contribution in [0.5, 0.6) is 0 Å². The van der Waals surface area contributed by atoms with Gasteiger partial charge in [-0.1, -0.05) is 17.7 Å². The lowest BCUT2D eigenvalue weighted by Gasteiger charge is -2.21. The first-order chi connectivity index (χ1) is 6.68. The number of halogens is 1. The van der Waals surface area contributed by atoms with Crippen LogP contribution in [-0.4, -0.2) is 11.9 Å². The number of carbonyl (C=O) groups excluding carboxylic acids is 1. The van der Waals surface area contributed by atoms with Crippen molar-refractivity contribution in [1.82, 2.24) is 0 Å². The highest BCUT2D eigenvalue weighted by Crippen LogP contribution is 2.27. The van der Waals surface area contributed by atoms with Crippen molar-refractivity contribution in [2.24, 2.45) is 0 Å². The Morgan fingerprint density at radius 1 is 1.50 bits per heavy atom. The molecule has 0 radical (unpaired) electrons. The molecule has 2 rings (SSSR count). The number of carbonyl (C=O) groups is 1. The van der Waals surface area contributed by atoms with Gasteiger partial charge in [-0.15, -0.1) is 0 Å². The lowest BCUT2D eigenvalue weighted by atomic mass is 10.2. The highest BCUT2D eigenvalue weighted by atomic mass is 35.5.